The van der Waals surface area contributed by atoms with Crippen molar-refractivity contribution in [1.82, 2.24) is 0 Å². The number of benzene rings is 2. The van der Waals surface area contributed by atoms with Crippen molar-refractivity contribution in [3.63, 3.8) is 0 Å². The van der Waals surface area contributed by atoms with Gasteiger partial charge in [-0.25, -0.2) is 0 Å². The van der Waals surface area contributed by atoms with E-state index in [2.05, 4.69) is 0 Å². The zero-order valence-electron chi connectivity index (χ0n) is 9.91. The van der Waals surface area contributed by atoms with E-state index in [-0.39, 0.29) is 5.78 Å². The molecular formula is C14H9Cl3O2. The number of methoxy groups -OCH3 is 1. The predicted molar refractivity (Wildman–Crippen MR) is 77.9 cm³/mol. The van der Waals surface area contributed by atoms with Gasteiger partial charge in [0.05, 0.1) is 17.7 Å². The van der Waals surface area contributed by atoms with E-state index in [9.17, 15) is 4.79 Å². The number of hydrogen-bond acceptors (Lipinski definition) is 2. The van der Waals surface area contributed by atoms with E-state index in [1.54, 1.807) is 30.3 Å². The van der Waals surface area contributed by atoms with E-state index < -0.39 is 0 Å². The van der Waals surface area contributed by atoms with Crippen LogP contribution in [-0.4, -0.2) is 12.9 Å². The van der Waals surface area contributed by atoms with Crippen LogP contribution in [0.5, 0.6) is 5.75 Å². The fourth-order valence-corrected chi connectivity index (χ4v) is 2.21. The maximum absolute atomic E-state index is 12.4. The van der Waals surface area contributed by atoms with Gasteiger partial charge >= 0.3 is 0 Å². The molecule has 98 valence electrons. The van der Waals surface area contributed by atoms with Gasteiger partial charge in [-0.1, -0.05) is 34.8 Å². The normalized spacial score (nSPS) is 10.3. The third kappa shape index (κ3) is 3.03. The Kier molecular flexibility index (Phi) is 4.35. The lowest BCUT2D eigenvalue weighted by Crippen LogP contribution is -2.04. The van der Waals surface area contributed by atoms with E-state index in [1.807, 2.05) is 0 Å². The lowest BCUT2D eigenvalue weighted by atomic mass is 10.0. The molecule has 0 aliphatic carbocycles. The molecule has 0 fully saturated rings. The molecule has 0 saturated heterocycles. The Morgan fingerprint density at radius 1 is 0.947 bits per heavy atom. The van der Waals surface area contributed by atoms with E-state index in [0.717, 1.165) is 0 Å². The second-order valence-electron chi connectivity index (χ2n) is 3.80. The van der Waals surface area contributed by atoms with Crippen LogP contribution in [0.3, 0.4) is 0 Å². The maximum atomic E-state index is 12.4. The molecule has 0 unspecified atom stereocenters. The van der Waals surface area contributed by atoms with Crippen molar-refractivity contribution in [3.8, 4) is 5.75 Å². The van der Waals surface area contributed by atoms with Crippen LogP contribution < -0.4 is 4.74 Å². The lowest BCUT2D eigenvalue weighted by molar-refractivity contribution is 0.103. The second kappa shape index (κ2) is 5.83. The van der Waals surface area contributed by atoms with Crippen LogP contribution in [0.1, 0.15) is 15.9 Å². The van der Waals surface area contributed by atoms with Crippen LogP contribution in [0, 0.1) is 0 Å². The Labute approximate surface area is 125 Å². The molecule has 0 atom stereocenters. The minimum Gasteiger partial charge on any atom is -0.496 e. The van der Waals surface area contributed by atoms with Crippen molar-refractivity contribution < 1.29 is 9.53 Å². The average molecular weight is 316 g/mol. The number of rotatable bonds is 3. The first-order valence-corrected chi connectivity index (χ1v) is 6.49. The first-order chi connectivity index (χ1) is 9.02. The zero-order chi connectivity index (χ0) is 14.0. The van der Waals surface area contributed by atoms with Crippen LogP contribution in [-0.2, 0) is 0 Å². The lowest BCUT2D eigenvalue weighted by Gasteiger charge is -2.09. The summed E-state index contributed by atoms with van der Waals surface area (Å²) in [5, 5.41) is 1.28. The number of hydrogen-bond donors (Lipinski definition) is 0. The minimum atomic E-state index is -0.263. The summed E-state index contributed by atoms with van der Waals surface area (Å²) in [7, 11) is 1.47. The molecule has 0 spiro atoms. The van der Waals surface area contributed by atoms with Crippen LogP contribution in [0.15, 0.2) is 36.4 Å². The van der Waals surface area contributed by atoms with Gasteiger partial charge in [-0.3, -0.25) is 4.79 Å². The minimum absolute atomic E-state index is 0.263. The molecule has 0 heterocycles. The van der Waals surface area contributed by atoms with Crippen molar-refractivity contribution in [2.75, 3.05) is 7.11 Å². The number of carbonyl (C=O) groups is 1. The van der Waals surface area contributed by atoms with Gasteiger partial charge in [0, 0.05) is 15.6 Å². The number of ketones is 1. The van der Waals surface area contributed by atoms with Crippen LogP contribution >= 0.6 is 34.8 Å². The van der Waals surface area contributed by atoms with E-state index in [0.29, 0.717) is 31.9 Å². The summed E-state index contributed by atoms with van der Waals surface area (Å²) in [6.07, 6.45) is 0. The molecular weight excluding hydrogens is 307 g/mol. The summed E-state index contributed by atoms with van der Waals surface area (Å²) in [4.78, 5) is 12.4. The Morgan fingerprint density at radius 2 is 1.58 bits per heavy atom. The fourth-order valence-electron chi connectivity index (χ4n) is 1.67. The van der Waals surface area contributed by atoms with Crippen molar-refractivity contribution in [1.29, 1.82) is 0 Å². The molecule has 2 nitrogen and oxygen atoms in total. The summed E-state index contributed by atoms with van der Waals surface area (Å²) >= 11 is 17.8. The summed E-state index contributed by atoms with van der Waals surface area (Å²) in [5.74, 6) is 0.134. The molecule has 0 N–H and O–H groups in total. The highest BCUT2D eigenvalue weighted by Crippen LogP contribution is 2.29. The van der Waals surface area contributed by atoms with Crippen LogP contribution in [0.2, 0.25) is 15.1 Å². The summed E-state index contributed by atoms with van der Waals surface area (Å²) in [6, 6.07) is 9.53. The predicted octanol–water partition coefficient (Wildman–Crippen LogP) is 4.89. The molecule has 0 amide bonds. The van der Waals surface area contributed by atoms with Crippen molar-refractivity contribution in [3.05, 3.63) is 62.6 Å². The molecule has 0 bridgehead atoms. The monoisotopic (exact) mass is 314 g/mol. The van der Waals surface area contributed by atoms with Crippen LogP contribution in [0.25, 0.3) is 0 Å². The first kappa shape index (κ1) is 14.2. The maximum Gasteiger partial charge on any atom is 0.198 e. The third-order valence-electron chi connectivity index (χ3n) is 2.58. The average Bonchev–Trinajstić information content (AvgIpc) is 2.40. The van der Waals surface area contributed by atoms with Gasteiger partial charge in [0.1, 0.15) is 5.75 Å². The van der Waals surface area contributed by atoms with Gasteiger partial charge in [0.15, 0.2) is 5.78 Å². The summed E-state index contributed by atoms with van der Waals surface area (Å²) in [5.41, 5.74) is 0.714. The molecule has 0 aliphatic heterocycles. The van der Waals surface area contributed by atoms with Gasteiger partial charge < -0.3 is 4.74 Å². The standard InChI is InChI=1S/C14H9Cl3O2/c1-19-13-7-9(16)2-4-10(13)14(18)11-6-8(15)3-5-12(11)17/h2-7H,1H3. The molecule has 0 aliphatic rings. The largest absolute Gasteiger partial charge is 0.496 e. The smallest absolute Gasteiger partial charge is 0.198 e. The van der Waals surface area contributed by atoms with Gasteiger partial charge in [0.25, 0.3) is 0 Å². The van der Waals surface area contributed by atoms with Gasteiger partial charge in [-0.15, -0.1) is 0 Å². The molecule has 19 heavy (non-hydrogen) atoms. The molecule has 2 aromatic carbocycles. The quantitative estimate of drug-likeness (QED) is 0.754. The third-order valence-corrected chi connectivity index (χ3v) is 3.38. The highest BCUT2D eigenvalue weighted by atomic mass is 35.5. The number of halogens is 3. The topological polar surface area (TPSA) is 26.3 Å². The van der Waals surface area contributed by atoms with Gasteiger partial charge in [-0.2, -0.15) is 0 Å². The molecule has 0 radical (unpaired) electrons. The second-order valence-corrected chi connectivity index (χ2v) is 5.08. The molecule has 5 heteroatoms. The van der Waals surface area contributed by atoms with Crippen molar-refractivity contribution in [2.24, 2.45) is 0 Å². The molecule has 2 aromatic rings. The highest BCUT2D eigenvalue weighted by molar-refractivity contribution is 6.37. The molecule has 0 saturated carbocycles. The van der Waals surface area contributed by atoms with E-state index in [1.165, 1.54) is 13.2 Å². The molecule has 2 rings (SSSR count). The van der Waals surface area contributed by atoms with E-state index >= 15 is 0 Å². The SMILES string of the molecule is COc1cc(Cl)ccc1C(=O)c1cc(Cl)ccc1Cl. The Balaban J connectivity index is 2.53. The Hall–Kier alpha value is -1.22. The number of ether oxygens (including phenoxy) is 1. The van der Waals surface area contributed by atoms with Gasteiger partial charge in [-0.05, 0) is 36.4 Å². The molecule has 0 aromatic heterocycles. The van der Waals surface area contributed by atoms with Crippen LogP contribution in [0.4, 0.5) is 0 Å². The van der Waals surface area contributed by atoms with Gasteiger partial charge in [0.2, 0.25) is 0 Å². The zero-order valence-corrected chi connectivity index (χ0v) is 12.2. The van der Waals surface area contributed by atoms with Crippen molar-refractivity contribution in [2.45, 2.75) is 0 Å². The first-order valence-electron chi connectivity index (χ1n) is 5.36. The number of carbonyl (C=O) groups excluding carboxylic acids is 1. The Morgan fingerprint density at radius 3 is 2.26 bits per heavy atom. The van der Waals surface area contributed by atoms with E-state index in [4.69, 9.17) is 39.5 Å². The Bertz CT molecular complexity index is 639. The summed E-state index contributed by atoms with van der Waals surface area (Å²) < 4.78 is 5.16. The fraction of sp³-hybridized carbons (Fsp3) is 0.0714. The summed E-state index contributed by atoms with van der Waals surface area (Å²) in [6.45, 7) is 0. The van der Waals surface area contributed by atoms with Crippen molar-refractivity contribution >= 4 is 40.6 Å². The highest BCUT2D eigenvalue weighted by Gasteiger charge is 2.17.